The second-order valence-corrected chi connectivity index (χ2v) is 1.78. The number of hydrogen-bond donors (Lipinski definition) is 1. The molecule has 0 fully saturated rings. The average Bonchev–Trinajstić information content (AvgIpc) is 1.88. The first-order valence-electron chi connectivity index (χ1n) is 2.99. The summed E-state index contributed by atoms with van der Waals surface area (Å²) in [5.41, 5.74) is 0. The van der Waals surface area contributed by atoms with Crippen LogP contribution in [0.15, 0.2) is 0 Å². The molecule has 0 unspecified atom stereocenters. The molecule has 0 atom stereocenters. The van der Waals surface area contributed by atoms with Crippen molar-refractivity contribution < 1.29 is 14.4 Å². The molecular weight excluding hydrogens is 134 g/mol. The molecular formula is C6H9NO3. The van der Waals surface area contributed by atoms with Crippen LogP contribution < -0.4 is 5.32 Å². The third-order valence-corrected chi connectivity index (χ3v) is 0.847. The Morgan fingerprint density at radius 2 is 2.10 bits per heavy atom. The Balaban J connectivity index is 3.57. The standard InChI is InChI=1S/C6H9NO3/c1-2-3-5(9)7-6(10)4-8/h4H,2-3H2,1H3,(H,7,9,10). The highest BCUT2D eigenvalue weighted by atomic mass is 16.2. The number of rotatable bonds is 3. The van der Waals surface area contributed by atoms with Crippen molar-refractivity contribution in [2.24, 2.45) is 0 Å². The van der Waals surface area contributed by atoms with Gasteiger partial charge in [0.25, 0.3) is 5.91 Å². The summed E-state index contributed by atoms with van der Waals surface area (Å²) in [4.78, 5) is 30.4. The van der Waals surface area contributed by atoms with Crippen LogP contribution in [0.5, 0.6) is 0 Å². The summed E-state index contributed by atoms with van der Waals surface area (Å²) < 4.78 is 0. The fourth-order valence-corrected chi connectivity index (χ4v) is 0.456. The maximum Gasteiger partial charge on any atom is 0.290 e. The van der Waals surface area contributed by atoms with Gasteiger partial charge in [-0.05, 0) is 6.42 Å². The molecule has 10 heavy (non-hydrogen) atoms. The fraction of sp³-hybridized carbons (Fsp3) is 0.500. The molecule has 4 nitrogen and oxygen atoms in total. The van der Waals surface area contributed by atoms with Crippen LogP contribution in [0.1, 0.15) is 19.8 Å². The van der Waals surface area contributed by atoms with E-state index in [1.165, 1.54) is 0 Å². The molecule has 0 bridgehead atoms. The van der Waals surface area contributed by atoms with Crippen LogP contribution in [0, 0.1) is 0 Å². The van der Waals surface area contributed by atoms with E-state index in [1.54, 1.807) is 0 Å². The number of aldehydes is 1. The molecule has 0 aliphatic carbocycles. The monoisotopic (exact) mass is 143 g/mol. The van der Waals surface area contributed by atoms with Crippen LogP contribution in [-0.2, 0) is 14.4 Å². The third kappa shape index (κ3) is 3.77. The summed E-state index contributed by atoms with van der Waals surface area (Å²) in [6.45, 7) is 1.81. The summed E-state index contributed by atoms with van der Waals surface area (Å²) in [7, 11) is 0. The smallest absolute Gasteiger partial charge is 0.290 e. The molecule has 56 valence electrons. The Morgan fingerprint density at radius 3 is 2.50 bits per heavy atom. The number of carbonyl (C=O) groups excluding carboxylic acids is 3. The Labute approximate surface area is 58.6 Å². The molecule has 0 aromatic rings. The third-order valence-electron chi connectivity index (χ3n) is 0.847. The molecule has 0 heterocycles. The molecule has 0 rings (SSSR count). The molecule has 1 N–H and O–H groups in total. The van der Waals surface area contributed by atoms with Crippen molar-refractivity contribution in [3.63, 3.8) is 0 Å². The van der Waals surface area contributed by atoms with Crippen molar-refractivity contribution in [1.82, 2.24) is 5.32 Å². The van der Waals surface area contributed by atoms with Gasteiger partial charge in [-0.15, -0.1) is 0 Å². The Kier molecular flexibility index (Phi) is 4.11. The van der Waals surface area contributed by atoms with Crippen molar-refractivity contribution in [3.05, 3.63) is 0 Å². The van der Waals surface area contributed by atoms with Gasteiger partial charge in [-0.3, -0.25) is 19.7 Å². The van der Waals surface area contributed by atoms with E-state index in [0.717, 1.165) is 0 Å². The van der Waals surface area contributed by atoms with Crippen molar-refractivity contribution in [2.75, 3.05) is 0 Å². The van der Waals surface area contributed by atoms with E-state index in [1.807, 2.05) is 12.2 Å². The normalized spacial score (nSPS) is 8.50. The van der Waals surface area contributed by atoms with Gasteiger partial charge in [-0.2, -0.15) is 0 Å². The summed E-state index contributed by atoms with van der Waals surface area (Å²) in [6, 6.07) is 0. The Morgan fingerprint density at radius 1 is 1.50 bits per heavy atom. The lowest BCUT2D eigenvalue weighted by Crippen LogP contribution is -2.30. The van der Waals surface area contributed by atoms with E-state index in [-0.39, 0.29) is 12.7 Å². The minimum Gasteiger partial charge on any atom is -0.292 e. The lowest BCUT2D eigenvalue weighted by Gasteiger charge is -1.94. The van der Waals surface area contributed by atoms with E-state index in [0.29, 0.717) is 6.42 Å². The van der Waals surface area contributed by atoms with Crippen molar-refractivity contribution in [2.45, 2.75) is 19.8 Å². The van der Waals surface area contributed by atoms with Gasteiger partial charge in [0.2, 0.25) is 12.2 Å². The van der Waals surface area contributed by atoms with Gasteiger partial charge < -0.3 is 0 Å². The van der Waals surface area contributed by atoms with Crippen LogP contribution in [0.4, 0.5) is 0 Å². The van der Waals surface area contributed by atoms with E-state index in [4.69, 9.17) is 0 Å². The highest BCUT2D eigenvalue weighted by molar-refractivity contribution is 6.27. The predicted octanol–water partition coefficient (Wildman–Crippen LogP) is -0.372. The minimum atomic E-state index is -0.876. The molecule has 0 aromatic heterocycles. The average molecular weight is 143 g/mol. The van der Waals surface area contributed by atoms with Crippen molar-refractivity contribution in [1.29, 1.82) is 0 Å². The van der Waals surface area contributed by atoms with E-state index in [2.05, 4.69) is 0 Å². The number of imide groups is 1. The predicted molar refractivity (Wildman–Crippen MR) is 34.1 cm³/mol. The summed E-state index contributed by atoms with van der Waals surface area (Å²) >= 11 is 0. The van der Waals surface area contributed by atoms with Gasteiger partial charge in [0, 0.05) is 6.42 Å². The largest absolute Gasteiger partial charge is 0.292 e. The zero-order chi connectivity index (χ0) is 7.98. The van der Waals surface area contributed by atoms with Gasteiger partial charge in [-0.1, -0.05) is 6.92 Å². The zero-order valence-electron chi connectivity index (χ0n) is 5.72. The number of nitrogens with one attached hydrogen (secondary N) is 1. The van der Waals surface area contributed by atoms with Gasteiger partial charge in [0.05, 0.1) is 0 Å². The maximum absolute atomic E-state index is 10.5. The molecule has 0 aliphatic rings. The number of amides is 2. The second kappa shape index (κ2) is 4.67. The molecule has 4 heteroatoms. The van der Waals surface area contributed by atoms with Crippen LogP contribution in [0.2, 0.25) is 0 Å². The van der Waals surface area contributed by atoms with E-state index >= 15 is 0 Å². The molecule has 2 amide bonds. The van der Waals surface area contributed by atoms with Crippen LogP contribution in [0.25, 0.3) is 0 Å². The van der Waals surface area contributed by atoms with Crippen LogP contribution >= 0.6 is 0 Å². The SMILES string of the molecule is CCCC(=O)NC(=O)C=O. The summed E-state index contributed by atoms with van der Waals surface area (Å²) in [5, 5.41) is 1.88. The maximum atomic E-state index is 10.5. The number of carbonyl (C=O) groups is 3. The lowest BCUT2D eigenvalue weighted by atomic mass is 10.3. The summed E-state index contributed by atoms with van der Waals surface area (Å²) in [6.07, 6.45) is 1.02. The molecule has 0 saturated carbocycles. The van der Waals surface area contributed by atoms with Gasteiger partial charge in [-0.25, -0.2) is 0 Å². The van der Waals surface area contributed by atoms with Crippen LogP contribution in [-0.4, -0.2) is 18.1 Å². The van der Waals surface area contributed by atoms with Gasteiger partial charge in [0.1, 0.15) is 0 Å². The van der Waals surface area contributed by atoms with E-state index in [9.17, 15) is 14.4 Å². The summed E-state index contributed by atoms with van der Waals surface area (Å²) in [5.74, 6) is -1.28. The minimum absolute atomic E-state index is 0.0769. The lowest BCUT2D eigenvalue weighted by molar-refractivity contribution is -0.136. The molecule has 0 aliphatic heterocycles. The highest BCUT2D eigenvalue weighted by Gasteiger charge is 2.03. The molecule has 0 aromatic carbocycles. The Bertz CT molecular complexity index is 153. The van der Waals surface area contributed by atoms with E-state index < -0.39 is 11.8 Å². The van der Waals surface area contributed by atoms with Crippen molar-refractivity contribution >= 4 is 18.1 Å². The fourth-order valence-electron chi connectivity index (χ4n) is 0.456. The molecule has 0 radical (unpaired) electrons. The van der Waals surface area contributed by atoms with Crippen LogP contribution in [0.3, 0.4) is 0 Å². The Hall–Kier alpha value is -1.19. The van der Waals surface area contributed by atoms with Gasteiger partial charge in [0.15, 0.2) is 0 Å². The first-order valence-corrected chi connectivity index (χ1v) is 2.99. The first kappa shape index (κ1) is 8.81. The molecule has 0 spiro atoms. The van der Waals surface area contributed by atoms with Crippen molar-refractivity contribution in [3.8, 4) is 0 Å². The first-order chi connectivity index (χ1) is 4.70. The quantitative estimate of drug-likeness (QED) is 0.433. The second-order valence-electron chi connectivity index (χ2n) is 1.78. The highest BCUT2D eigenvalue weighted by Crippen LogP contribution is 1.83. The molecule has 0 saturated heterocycles. The topological polar surface area (TPSA) is 63.2 Å². The number of hydrogen-bond acceptors (Lipinski definition) is 3. The van der Waals surface area contributed by atoms with Gasteiger partial charge >= 0.3 is 0 Å². The zero-order valence-corrected chi connectivity index (χ0v) is 5.72.